The van der Waals surface area contributed by atoms with Crippen LogP contribution in [0.4, 0.5) is 10.5 Å². The van der Waals surface area contributed by atoms with Gasteiger partial charge in [0.25, 0.3) is 0 Å². The number of hydrogen-bond donors (Lipinski definition) is 1. The summed E-state index contributed by atoms with van der Waals surface area (Å²) in [7, 11) is 0. The average molecular weight is 466 g/mol. The molecule has 33 heavy (non-hydrogen) atoms. The third-order valence-electron chi connectivity index (χ3n) is 4.81. The van der Waals surface area contributed by atoms with Crippen molar-refractivity contribution in [2.75, 3.05) is 11.9 Å². The van der Waals surface area contributed by atoms with E-state index in [0.29, 0.717) is 17.0 Å². The zero-order valence-electron chi connectivity index (χ0n) is 18.3. The third-order valence-corrected chi connectivity index (χ3v) is 5.83. The number of benzene rings is 1. The van der Waals surface area contributed by atoms with Gasteiger partial charge in [0.15, 0.2) is 11.0 Å². The van der Waals surface area contributed by atoms with Crippen LogP contribution in [0.3, 0.4) is 0 Å². The molecule has 0 spiro atoms. The van der Waals surface area contributed by atoms with Gasteiger partial charge in [-0.2, -0.15) is 0 Å². The maximum absolute atomic E-state index is 12.2. The van der Waals surface area contributed by atoms with Crippen LogP contribution in [0.5, 0.6) is 0 Å². The molecule has 0 bridgehead atoms. The fraction of sp³-hybridized carbons (Fsp3) is 0.261. The van der Waals surface area contributed by atoms with E-state index >= 15 is 0 Å². The minimum absolute atomic E-state index is 0.265. The van der Waals surface area contributed by atoms with Crippen molar-refractivity contribution in [2.45, 2.75) is 37.7 Å². The highest BCUT2D eigenvalue weighted by molar-refractivity contribution is 7.98. The maximum atomic E-state index is 12.2. The van der Waals surface area contributed by atoms with Crippen molar-refractivity contribution in [1.29, 1.82) is 0 Å². The summed E-state index contributed by atoms with van der Waals surface area (Å²) in [6.07, 6.45) is 3.82. The van der Waals surface area contributed by atoms with Crippen molar-refractivity contribution < 1.29 is 13.9 Å². The monoisotopic (exact) mass is 465 g/mol. The van der Waals surface area contributed by atoms with Gasteiger partial charge >= 0.3 is 11.7 Å². The number of nitrogens with one attached hydrogen (secondary N) is 1. The maximum Gasteiger partial charge on any atom is 0.411 e. The lowest BCUT2D eigenvalue weighted by Crippen LogP contribution is -2.13. The average Bonchev–Trinajstić information content (AvgIpc) is 3.20. The smallest absolute Gasteiger partial charge is 0.411 e. The molecule has 4 rings (SSSR count). The number of anilines is 1. The van der Waals surface area contributed by atoms with Crippen molar-refractivity contribution in [3.05, 3.63) is 64.8 Å². The van der Waals surface area contributed by atoms with Crippen molar-refractivity contribution in [1.82, 2.24) is 19.7 Å². The first-order valence-corrected chi connectivity index (χ1v) is 11.5. The van der Waals surface area contributed by atoms with E-state index in [2.05, 4.69) is 32.0 Å². The fourth-order valence-electron chi connectivity index (χ4n) is 3.39. The first kappa shape index (κ1) is 22.5. The summed E-state index contributed by atoms with van der Waals surface area (Å²) in [4.78, 5) is 27.9. The van der Waals surface area contributed by atoms with Crippen LogP contribution in [0.25, 0.3) is 22.4 Å². The summed E-state index contributed by atoms with van der Waals surface area (Å²) < 4.78 is 12.3. The Hall–Kier alpha value is -3.66. The SMILES string of the molecule is CCCn1c(SCc2cc(=O)oc3cc(NC(=O)OCC)ccc23)nnc1-c1ccncc1. The van der Waals surface area contributed by atoms with E-state index in [4.69, 9.17) is 9.15 Å². The number of fused-ring (bicyclic) bond motifs is 1. The van der Waals surface area contributed by atoms with Crippen molar-refractivity contribution in [2.24, 2.45) is 0 Å². The van der Waals surface area contributed by atoms with Gasteiger partial charge in [0, 0.05) is 53.5 Å². The molecule has 0 fully saturated rings. The molecule has 170 valence electrons. The molecule has 0 saturated carbocycles. The quantitative estimate of drug-likeness (QED) is 0.294. The number of aromatic nitrogens is 4. The molecule has 9 nitrogen and oxygen atoms in total. The molecule has 0 radical (unpaired) electrons. The minimum Gasteiger partial charge on any atom is -0.450 e. The zero-order valence-corrected chi connectivity index (χ0v) is 19.1. The molecule has 0 unspecified atom stereocenters. The predicted molar refractivity (Wildman–Crippen MR) is 126 cm³/mol. The largest absolute Gasteiger partial charge is 0.450 e. The first-order valence-electron chi connectivity index (χ1n) is 10.6. The summed E-state index contributed by atoms with van der Waals surface area (Å²) in [5.74, 6) is 1.29. The van der Waals surface area contributed by atoms with Gasteiger partial charge in [-0.05, 0) is 43.2 Å². The number of carbonyl (C=O) groups excluding carboxylic acids is 1. The molecular weight excluding hydrogens is 442 g/mol. The molecule has 3 aromatic heterocycles. The molecular formula is C23H23N5O4S. The number of ether oxygens (including phenoxy) is 1. The Morgan fingerprint density at radius 3 is 2.73 bits per heavy atom. The topological polar surface area (TPSA) is 112 Å². The number of nitrogens with zero attached hydrogens (tertiary/aromatic N) is 4. The number of thioether (sulfide) groups is 1. The molecule has 0 saturated heterocycles. The molecule has 4 aromatic rings. The lowest BCUT2D eigenvalue weighted by molar-refractivity contribution is 0.168. The van der Waals surface area contributed by atoms with Crippen LogP contribution in [0.15, 0.2) is 63.2 Å². The predicted octanol–water partition coefficient (Wildman–Crippen LogP) is 4.72. The van der Waals surface area contributed by atoms with E-state index in [1.807, 2.05) is 18.2 Å². The van der Waals surface area contributed by atoms with Crippen molar-refractivity contribution in [3.63, 3.8) is 0 Å². The van der Waals surface area contributed by atoms with Gasteiger partial charge in [-0.25, -0.2) is 9.59 Å². The molecule has 1 aromatic carbocycles. The van der Waals surface area contributed by atoms with Gasteiger partial charge in [0.05, 0.1) is 6.61 Å². The number of pyridine rings is 1. The van der Waals surface area contributed by atoms with Crippen LogP contribution < -0.4 is 10.9 Å². The molecule has 10 heteroatoms. The van der Waals surface area contributed by atoms with E-state index < -0.39 is 11.7 Å². The highest BCUT2D eigenvalue weighted by Crippen LogP contribution is 2.29. The molecule has 3 heterocycles. The molecule has 1 N–H and O–H groups in total. The minimum atomic E-state index is -0.564. The third kappa shape index (κ3) is 5.23. The standard InChI is InChI=1S/C23H23N5O4S/c1-3-11-28-21(15-7-9-24-10-8-15)26-27-22(28)33-14-16-12-20(29)32-19-13-17(5-6-18(16)19)25-23(30)31-4-2/h5-10,12-13H,3-4,11,14H2,1-2H3,(H,25,30). The second-order valence-corrected chi connectivity index (χ2v) is 8.07. The van der Waals surface area contributed by atoms with Gasteiger partial charge in [0.2, 0.25) is 0 Å². The second kappa shape index (κ2) is 10.3. The van der Waals surface area contributed by atoms with E-state index in [1.165, 1.54) is 17.8 Å². The van der Waals surface area contributed by atoms with Gasteiger partial charge in [-0.1, -0.05) is 18.7 Å². The Bertz CT molecular complexity index is 1320. The van der Waals surface area contributed by atoms with Crippen LogP contribution >= 0.6 is 11.8 Å². The molecule has 0 aliphatic carbocycles. The Morgan fingerprint density at radius 2 is 1.97 bits per heavy atom. The Kier molecular flexibility index (Phi) is 7.04. The normalized spacial score (nSPS) is 11.0. The molecule has 0 aliphatic heterocycles. The van der Waals surface area contributed by atoms with Gasteiger partial charge in [0.1, 0.15) is 5.58 Å². The second-order valence-electron chi connectivity index (χ2n) is 7.13. The van der Waals surface area contributed by atoms with Crippen LogP contribution in [0.1, 0.15) is 25.8 Å². The lowest BCUT2D eigenvalue weighted by atomic mass is 10.1. The zero-order chi connectivity index (χ0) is 23.2. The van der Waals surface area contributed by atoms with E-state index in [0.717, 1.165) is 40.5 Å². The van der Waals surface area contributed by atoms with Gasteiger partial charge in [-0.3, -0.25) is 10.3 Å². The highest BCUT2D eigenvalue weighted by atomic mass is 32.2. The van der Waals surface area contributed by atoms with E-state index in [9.17, 15) is 9.59 Å². The summed E-state index contributed by atoms with van der Waals surface area (Å²) >= 11 is 1.50. The Balaban J connectivity index is 1.60. The Morgan fingerprint density at radius 1 is 1.15 bits per heavy atom. The molecule has 0 aliphatic rings. The number of carbonyl (C=O) groups is 1. The van der Waals surface area contributed by atoms with E-state index in [-0.39, 0.29) is 6.61 Å². The highest BCUT2D eigenvalue weighted by Gasteiger charge is 2.15. The van der Waals surface area contributed by atoms with Crippen LogP contribution in [-0.4, -0.2) is 32.4 Å². The fourth-order valence-corrected chi connectivity index (χ4v) is 4.35. The van der Waals surface area contributed by atoms with Crippen LogP contribution in [-0.2, 0) is 17.0 Å². The molecule has 1 amide bonds. The lowest BCUT2D eigenvalue weighted by Gasteiger charge is -2.10. The summed E-state index contributed by atoms with van der Waals surface area (Å²) in [6, 6.07) is 10.5. The van der Waals surface area contributed by atoms with Crippen molar-refractivity contribution in [3.8, 4) is 11.4 Å². The molecule has 0 atom stereocenters. The van der Waals surface area contributed by atoms with Gasteiger partial charge < -0.3 is 13.7 Å². The Labute approximate surface area is 194 Å². The summed E-state index contributed by atoms with van der Waals surface area (Å²) in [5.41, 5.74) is 2.17. The van der Waals surface area contributed by atoms with Gasteiger partial charge in [-0.15, -0.1) is 10.2 Å². The summed E-state index contributed by atoms with van der Waals surface area (Å²) in [6.45, 7) is 4.86. The van der Waals surface area contributed by atoms with Crippen molar-refractivity contribution >= 4 is 34.5 Å². The van der Waals surface area contributed by atoms with Crippen LogP contribution in [0.2, 0.25) is 0 Å². The number of amides is 1. The first-order chi connectivity index (χ1) is 16.1. The van der Waals surface area contributed by atoms with E-state index in [1.54, 1.807) is 31.5 Å². The number of hydrogen-bond acceptors (Lipinski definition) is 8. The summed E-state index contributed by atoms with van der Waals surface area (Å²) in [5, 5.41) is 12.9. The number of rotatable bonds is 8. The van der Waals surface area contributed by atoms with Crippen LogP contribution in [0, 0.1) is 0 Å².